The first kappa shape index (κ1) is 10.7. The van der Waals surface area contributed by atoms with Crippen molar-refractivity contribution in [2.24, 2.45) is 4.99 Å². The maximum Gasteiger partial charge on any atom is 0.416 e. The van der Waals surface area contributed by atoms with Crippen molar-refractivity contribution in [1.29, 1.82) is 0 Å². The van der Waals surface area contributed by atoms with Gasteiger partial charge in [0.1, 0.15) is 0 Å². The van der Waals surface area contributed by atoms with Crippen LogP contribution in [0.15, 0.2) is 29.3 Å². The molecule has 1 aromatic carbocycles. The zero-order valence-electron chi connectivity index (χ0n) is 7.91. The van der Waals surface area contributed by atoms with E-state index in [2.05, 4.69) is 4.99 Å². The van der Waals surface area contributed by atoms with Gasteiger partial charge in [0.25, 0.3) is 5.91 Å². The Kier molecular flexibility index (Phi) is 2.41. The maximum atomic E-state index is 12.4. The van der Waals surface area contributed by atoms with Crippen LogP contribution in [0.4, 0.5) is 13.2 Å². The molecule has 84 valence electrons. The van der Waals surface area contributed by atoms with Gasteiger partial charge < -0.3 is 4.74 Å². The number of nitrogens with zero attached hydrogens (tertiary/aromatic N) is 1. The van der Waals surface area contributed by atoms with Crippen molar-refractivity contribution in [1.82, 2.24) is 0 Å². The number of halogens is 3. The fourth-order valence-electron chi connectivity index (χ4n) is 1.28. The van der Waals surface area contributed by atoms with Gasteiger partial charge in [0.05, 0.1) is 5.56 Å². The molecule has 0 fully saturated rings. The molecule has 1 aliphatic rings. The van der Waals surface area contributed by atoms with Crippen LogP contribution >= 0.6 is 0 Å². The molecule has 1 aliphatic heterocycles. The summed E-state index contributed by atoms with van der Waals surface area (Å²) in [5.41, 5.74) is -0.642. The highest BCUT2D eigenvalue weighted by Gasteiger charge is 2.31. The van der Waals surface area contributed by atoms with E-state index >= 15 is 0 Å². The Morgan fingerprint density at radius 2 is 2.06 bits per heavy atom. The molecule has 0 radical (unpaired) electrons. The van der Waals surface area contributed by atoms with Crippen LogP contribution in [0, 0.1) is 0 Å². The number of hydrogen-bond donors (Lipinski definition) is 0. The molecular formula is C10H6F3NO2. The van der Waals surface area contributed by atoms with E-state index in [0.29, 0.717) is 0 Å². The summed E-state index contributed by atoms with van der Waals surface area (Å²) in [7, 11) is 0. The third kappa shape index (κ3) is 2.05. The Labute approximate surface area is 88.6 Å². The summed E-state index contributed by atoms with van der Waals surface area (Å²) in [6, 6.07) is 4.50. The molecule has 0 saturated carbocycles. The second-order valence-electron chi connectivity index (χ2n) is 3.18. The first-order valence-electron chi connectivity index (χ1n) is 4.39. The Morgan fingerprint density at radius 1 is 1.31 bits per heavy atom. The topological polar surface area (TPSA) is 38.7 Å². The van der Waals surface area contributed by atoms with Crippen LogP contribution in [0.5, 0.6) is 0 Å². The molecule has 1 amide bonds. The summed E-state index contributed by atoms with van der Waals surface area (Å²) in [5.74, 6) is -0.552. The minimum absolute atomic E-state index is 0.0592. The monoisotopic (exact) mass is 229 g/mol. The number of carbonyl (C=O) groups excluding carboxylic acids is 1. The standard InChI is InChI=1S/C10H6F3NO2/c11-10(12,13)7-3-1-2-6(4-7)9-14-8(15)5-16-9/h1-4H,5H2. The van der Waals surface area contributed by atoms with Gasteiger partial charge in [-0.25, -0.2) is 0 Å². The molecule has 1 heterocycles. The lowest BCUT2D eigenvalue weighted by molar-refractivity contribution is -0.137. The lowest BCUT2D eigenvalue weighted by atomic mass is 10.1. The fourth-order valence-corrected chi connectivity index (χ4v) is 1.28. The molecule has 0 aliphatic carbocycles. The molecule has 0 bridgehead atoms. The number of amides is 1. The molecule has 1 aromatic rings. The fraction of sp³-hybridized carbons (Fsp3) is 0.200. The third-order valence-electron chi connectivity index (χ3n) is 2.00. The number of carbonyl (C=O) groups is 1. The molecule has 0 spiro atoms. The molecule has 16 heavy (non-hydrogen) atoms. The van der Waals surface area contributed by atoms with Crippen molar-refractivity contribution in [3.8, 4) is 0 Å². The third-order valence-corrected chi connectivity index (χ3v) is 2.00. The average Bonchev–Trinajstić information content (AvgIpc) is 2.64. The maximum absolute atomic E-state index is 12.4. The zero-order valence-corrected chi connectivity index (χ0v) is 7.91. The van der Waals surface area contributed by atoms with E-state index in [9.17, 15) is 18.0 Å². The van der Waals surface area contributed by atoms with Crippen molar-refractivity contribution >= 4 is 11.8 Å². The molecule has 6 heteroatoms. The minimum Gasteiger partial charge on any atom is -0.467 e. The second kappa shape index (κ2) is 3.62. The van der Waals surface area contributed by atoms with E-state index in [4.69, 9.17) is 4.74 Å². The highest BCUT2D eigenvalue weighted by Crippen LogP contribution is 2.29. The second-order valence-corrected chi connectivity index (χ2v) is 3.18. The Hall–Kier alpha value is -1.85. The smallest absolute Gasteiger partial charge is 0.416 e. The number of benzene rings is 1. The van der Waals surface area contributed by atoms with Crippen molar-refractivity contribution in [3.05, 3.63) is 35.4 Å². The largest absolute Gasteiger partial charge is 0.467 e. The summed E-state index contributed by atoms with van der Waals surface area (Å²) in [6.07, 6.45) is -4.42. The lowest BCUT2D eigenvalue weighted by Gasteiger charge is -2.07. The molecule has 0 N–H and O–H groups in total. The Bertz CT molecular complexity index is 465. The summed E-state index contributed by atoms with van der Waals surface area (Å²) in [6.45, 7) is -0.217. The first-order chi connectivity index (χ1) is 7.47. The predicted octanol–water partition coefficient (Wildman–Crippen LogP) is 2.01. The van der Waals surface area contributed by atoms with Crippen LogP contribution < -0.4 is 0 Å². The van der Waals surface area contributed by atoms with E-state index in [-0.39, 0.29) is 18.1 Å². The number of aliphatic imine (C=N–C) groups is 1. The van der Waals surface area contributed by atoms with Gasteiger partial charge in [0.15, 0.2) is 6.61 Å². The van der Waals surface area contributed by atoms with Crippen LogP contribution in [-0.2, 0) is 15.7 Å². The van der Waals surface area contributed by atoms with E-state index in [1.807, 2.05) is 0 Å². The lowest BCUT2D eigenvalue weighted by Crippen LogP contribution is -2.08. The highest BCUT2D eigenvalue weighted by molar-refractivity contribution is 6.06. The molecule has 2 rings (SSSR count). The summed E-state index contributed by atoms with van der Waals surface area (Å²) in [5, 5.41) is 0. The van der Waals surface area contributed by atoms with Crippen LogP contribution in [0.25, 0.3) is 0 Å². The van der Waals surface area contributed by atoms with Crippen molar-refractivity contribution in [2.75, 3.05) is 6.61 Å². The summed E-state index contributed by atoms with van der Waals surface area (Å²) in [4.78, 5) is 14.2. The zero-order chi connectivity index (χ0) is 11.8. The van der Waals surface area contributed by atoms with Crippen LogP contribution in [0.3, 0.4) is 0 Å². The van der Waals surface area contributed by atoms with E-state index in [0.717, 1.165) is 12.1 Å². The minimum atomic E-state index is -4.42. The summed E-state index contributed by atoms with van der Waals surface area (Å²) >= 11 is 0. The molecule has 3 nitrogen and oxygen atoms in total. The van der Waals surface area contributed by atoms with Crippen LogP contribution in [0.1, 0.15) is 11.1 Å². The van der Waals surface area contributed by atoms with Gasteiger partial charge in [-0.1, -0.05) is 6.07 Å². The molecule has 0 unspecified atom stereocenters. The normalized spacial score (nSPS) is 15.9. The quantitative estimate of drug-likeness (QED) is 0.738. The van der Waals surface area contributed by atoms with Gasteiger partial charge in [-0.05, 0) is 18.2 Å². The number of ether oxygens (including phenoxy) is 1. The number of rotatable bonds is 1. The van der Waals surface area contributed by atoms with Gasteiger partial charge in [0, 0.05) is 5.56 Å². The van der Waals surface area contributed by atoms with Gasteiger partial charge in [-0.15, -0.1) is 0 Å². The van der Waals surface area contributed by atoms with Crippen molar-refractivity contribution in [3.63, 3.8) is 0 Å². The van der Waals surface area contributed by atoms with Gasteiger partial charge in [-0.2, -0.15) is 18.2 Å². The van der Waals surface area contributed by atoms with Crippen molar-refractivity contribution < 1.29 is 22.7 Å². The predicted molar refractivity (Wildman–Crippen MR) is 48.9 cm³/mol. The molecule has 0 saturated heterocycles. The summed E-state index contributed by atoms with van der Waals surface area (Å²) < 4.78 is 42.0. The van der Waals surface area contributed by atoms with Gasteiger partial charge in [-0.3, -0.25) is 4.79 Å². The van der Waals surface area contributed by atoms with E-state index < -0.39 is 17.6 Å². The van der Waals surface area contributed by atoms with E-state index in [1.165, 1.54) is 12.1 Å². The molecule has 0 atom stereocenters. The van der Waals surface area contributed by atoms with Crippen molar-refractivity contribution in [2.45, 2.75) is 6.18 Å². The highest BCUT2D eigenvalue weighted by atomic mass is 19.4. The number of alkyl halides is 3. The molecule has 0 aromatic heterocycles. The van der Waals surface area contributed by atoms with E-state index in [1.54, 1.807) is 0 Å². The van der Waals surface area contributed by atoms with Crippen LogP contribution in [0.2, 0.25) is 0 Å². The Morgan fingerprint density at radius 3 is 2.62 bits per heavy atom. The molecular weight excluding hydrogens is 223 g/mol. The van der Waals surface area contributed by atoms with Crippen LogP contribution in [-0.4, -0.2) is 18.4 Å². The SMILES string of the molecule is O=C1COC(c2cccc(C(F)(F)F)c2)=N1. The number of hydrogen-bond acceptors (Lipinski definition) is 2. The first-order valence-corrected chi connectivity index (χ1v) is 4.39. The van der Waals surface area contributed by atoms with Gasteiger partial charge >= 0.3 is 6.18 Å². The average molecular weight is 229 g/mol. The Balaban J connectivity index is 2.37. The van der Waals surface area contributed by atoms with Gasteiger partial charge in [0.2, 0.25) is 5.90 Å².